The molecule has 0 fully saturated rings. The van der Waals surface area contributed by atoms with E-state index >= 15 is 0 Å². The second-order valence-electron chi connectivity index (χ2n) is 6.60. The number of hydrogen-bond acceptors (Lipinski definition) is 4. The maximum atomic E-state index is 12.8. The Hall–Kier alpha value is -4.14. The molecule has 0 aliphatic carbocycles. The first-order chi connectivity index (χ1) is 13.9. The zero-order valence-electron chi connectivity index (χ0n) is 15.7. The Bertz CT molecular complexity index is 1280. The molecule has 0 aliphatic heterocycles. The third kappa shape index (κ3) is 3.53. The fourth-order valence-electron chi connectivity index (χ4n) is 3.07. The van der Waals surface area contributed by atoms with Crippen LogP contribution in [-0.4, -0.2) is 32.0 Å². The number of fused-ring (bicyclic) bond motifs is 1. The number of carbonyl (C=O) groups excluding carboxylic acids is 2. The maximum absolute atomic E-state index is 12.8. The Morgan fingerprint density at radius 2 is 1.69 bits per heavy atom. The van der Waals surface area contributed by atoms with Gasteiger partial charge in [-0.15, -0.1) is 0 Å². The van der Waals surface area contributed by atoms with Crippen molar-refractivity contribution < 1.29 is 9.59 Å². The Morgan fingerprint density at radius 1 is 0.931 bits per heavy atom. The summed E-state index contributed by atoms with van der Waals surface area (Å²) in [5, 5.41) is 12.5. The molecule has 2 heterocycles. The highest BCUT2D eigenvalue weighted by Gasteiger charge is 2.17. The molecule has 146 valence electrons. The molecule has 2 aromatic carbocycles. The number of para-hydroxylation sites is 1. The monoisotopic (exact) mass is 390 g/mol. The summed E-state index contributed by atoms with van der Waals surface area (Å²) < 4.78 is 0. The lowest BCUT2D eigenvalue weighted by Gasteiger charge is -2.12. The van der Waals surface area contributed by atoms with E-state index in [1.807, 2.05) is 6.92 Å². The van der Waals surface area contributed by atoms with Crippen LogP contribution in [0.1, 0.15) is 32.1 Å². The first kappa shape index (κ1) is 18.2. The Kier molecular flexibility index (Phi) is 4.47. The SMILES string of the molecule is Cc1n[nH]c(C)c1NC(=O)c1ccccc1NC(=O)c1ccc2[nH]c(=O)[nH]c2c1. The lowest BCUT2D eigenvalue weighted by Crippen LogP contribution is -2.18. The molecule has 4 aromatic rings. The number of aromatic nitrogens is 4. The van der Waals surface area contributed by atoms with Crippen LogP contribution in [-0.2, 0) is 0 Å². The summed E-state index contributed by atoms with van der Waals surface area (Å²) in [5.41, 5.74) is 3.86. The number of anilines is 2. The molecule has 0 saturated carbocycles. The average molecular weight is 390 g/mol. The Morgan fingerprint density at radius 3 is 2.45 bits per heavy atom. The quantitative estimate of drug-likeness (QED) is 0.366. The van der Waals surface area contributed by atoms with E-state index in [1.165, 1.54) is 0 Å². The molecule has 0 unspecified atom stereocenters. The summed E-state index contributed by atoms with van der Waals surface area (Å²) in [6.07, 6.45) is 0. The first-order valence-corrected chi connectivity index (χ1v) is 8.87. The number of hydrogen-bond donors (Lipinski definition) is 5. The second kappa shape index (κ2) is 7.12. The first-order valence-electron chi connectivity index (χ1n) is 8.87. The van der Waals surface area contributed by atoms with E-state index in [2.05, 4.69) is 30.8 Å². The van der Waals surface area contributed by atoms with Crippen LogP contribution in [0.5, 0.6) is 0 Å². The largest absolute Gasteiger partial charge is 0.323 e. The van der Waals surface area contributed by atoms with Crippen LogP contribution in [0.3, 0.4) is 0 Å². The van der Waals surface area contributed by atoms with Crippen LogP contribution in [0, 0.1) is 13.8 Å². The molecule has 0 atom stereocenters. The summed E-state index contributed by atoms with van der Waals surface area (Å²) in [6, 6.07) is 11.5. The van der Waals surface area contributed by atoms with Gasteiger partial charge in [-0.05, 0) is 44.2 Å². The maximum Gasteiger partial charge on any atom is 0.323 e. The van der Waals surface area contributed by atoms with Gasteiger partial charge in [0.05, 0.1) is 39.4 Å². The van der Waals surface area contributed by atoms with Crippen molar-refractivity contribution in [3.8, 4) is 0 Å². The molecular weight excluding hydrogens is 372 g/mol. The van der Waals surface area contributed by atoms with Gasteiger partial charge in [0, 0.05) is 5.56 Å². The molecule has 9 nitrogen and oxygen atoms in total. The number of aromatic amines is 3. The summed E-state index contributed by atoms with van der Waals surface area (Å²) in [6.45, 7) is 3.60. The van der Waals surface area contributed by atoms with E-state index in [0.717, 1.165) is 5.69 Å². The van der Waals surface area contributed by atoms with E-state index in [0.29, 0.717) is 39.2 Å². The molecule has 9 heteroatoms. The van der Waals surface area contributed by atoms with Crippen LogP contribution in [0.15, 0.2) is 47.3 Å². The van der Waals surface area contributed by atoms with Gasteiger partial charge in [0.2, 0.25) is 0 Å². The highest BCUT2D eigenvalue weighted by molar-refractivity contribution is 6.13. The Labute approximate surface area is 164 Å². The fourth-order valence-corrected chi connectivity index (χ4v) is 3.07. The predicted molar refractivity (Wildman–Crippen MR) is 109 cm³/mol. The van der Waals surface area contributed by atoms with Crippen LogP contribution >= 0.6 is 0 Å². The summed E-state index contributed by atoms with van der Waals surface area (Å²) >= 11 is 0. The molecule has 5 N–H and O–H groups in total. The number of imidazole rings is 1. The van der Waals surface area contributed by atoms with Crippen LogP contribution in [0.2, 0.25) is 0 Å². The molecule has 2 amide bonds. The van der Waals surface area contributed by atoms with Crippen LogP contribution in [0.4, 0.5) is 11.4 Å². The van der Waals surface area contributed by atoms with E-state index in [9.17, 15) is 14.4 Å². The zero-order valence-corrected chi connectivity index (χ0v) is 15.7. The van der Waals surface area contributed by atoms with Crippen molar-refractivity contribution in [1.29, 1.82) is 0 Å². The molecule has 0 spiro atoms. The number of aryl methyl sites for hydroxylation is 2. The Balaban J connectivity index is 1.59. The van der Waals surface area contributed by atoms with Gasteiger partial charge in [0.1, 0.15) is 0 Å². The standard InChI is InChI=1S/C20H18N6O3/c1-10-17(11(2)26-25-10)24-19(28)13-5-3-4-6-14(13)21-18(27)12-7-8-15-16(9-12)23-20(29)22-15/h3-9H,1-2H3,(H,21,27)(H,24,28)(H,25,26)(H2,22,23,29). The predicted octanol–water partition coefficient (Wildman–Crippen LogP) is 2.70. The van der Waals surface area contributed by atoms with Crippen molar-refractivity contribution >= 4 is 34.2 Å². The summed E-state index contributed by atoms with van der Waals surface area (Å²) in [7, 11) is 0. The van der Waals surface area contributed by atoms with E-state index in [4.69, 9.17) is 0 Å². The topological polar surface area (TPSA) is 136 Å². The number of nitrogens with one attached hydrogen (secondary N) is 5. The minimum Gasteiger partial charge on any atom is -0.321 e. The molecule has 0 bridgehead atoms. The second-order valence-corrected chi connectivity index (χ2v) is 6.60. The van der Waals surface area contributed by atoms with Gasteiger partial charge in [-0.1, -0.05) is 12.1 Å². The lowest BCUT2D eigenvalue weighted by molar-refractivity contribution is 0.102. The van der Waals surface area contributed by atoms with Crippen molar-refractivity contribution in [1.82, 2.24) is 20.2 Å². The molecule has 0 saturated heterocycles. The number of benzene rings is 2. The van der Waals surface area contributed by atoms with Crippen molar-refractivity contribution in [2.24, 2.45) is 0 Å². The van der Waals surface area contributed by atoms with Gasteiger partial charge in [0.15, 0.2) is 0 Å². The normalized spacial score (nSPS) is 10.8. The van der Waals surface area contributed by atoms with Gasteiger partial charge in [-0.25, -0.2) is 4.79 Å². The number of nitrogens with zero attached hydrogens (tertiary/aromatic N) is 1. The van der Waals surface area contributed by atoms with E-state index in [1.54, 1.807) is 49.4 Å². The van der Waals surface area contributed by atoms with Gasteiger partial charge < -0.3 is 20.6 Å². The van der Waals surface area contributed by atoms with E-state index in [-0.39, 0.29) is 11.6 Å². The van der Waals surface area contributed by atoms with Crippen molar-refractivity contribution in [3.05, 3.63) is 75.5 Å². The molecule has 2 aromatic heterocycles. The highest BCUT2D eigenvalue weighted by atomic mass is 16.2. The highest BCUT2D eigenvalue weighted by Crippen LogP contribution is 2.21. The number of carbonyl (C=O) groups is 2. The van der Waals surface area contributed by atoms with Crippen LogP contribution < -0.4 is 16.3 Å². The summed E-state index contributed by atoms with van der Waals surface area (Å²) in [5.74, 6) is -0.760. The summed E-state index contributed by atoms with van der Waals surface area (Å²) in [4.78, 5) is 42.1. The average Bonchev–Trinajstić information content (AvgIpc) is 3.23. The molecule has 4 rings (SSSR count). The minimum atomic E-state index is -0.398. The van der Waals surface area contributed by atoms with Crippen molar-refractivity contribution in [3.63, 3.8) is 0 Å². The molecule has 29 heavy (non-hydrogen) atoms. The zero-order chi connectivity index (χ0) is 20.5. The van der Waals surface area contributed by atoms with Crippen molar-refractivity contribution in [2.45, 2.75) is 13.8 Å². The molecular formula is C20H18N6O3. The van der Waals surface area contributed by atoms with E-state index < -0.39 is 5.91 Å². The van der Waals surface area contributed by atoms with Gasteiger partial charge in [0.25, 0.3) is 11.8 Å². The minimum absolute atomic E-state index is 0.317. The number of H-pyrrole nitrogens is 3. The van der Waals surface area contributed by atoms with Gasteiger partial charge in [-0.3, -0.25) is 14.7 Å². The number of amides is 2. The van der Waals surface area contributed by atoms with Gasteiger partial charge in [-0.2, -0.15) is 5.10 Å². The molecule has 0 aliphatic rings. The lowest BCUT2D eigenvalue weighted by atomic mass is 10.1. The third-order valence-electron chi connectivity index (χ3n) is 4.56. The number of rotatable bonds is 4. The van der Waals surface area contributed by atoms with Gasteiger partial charge >= 0.3 is 5.69 Å². The molecule has 0 radical (unpaired) electrons. The van der Waals surface area contributed by atoms with Crippen LogP contribution in [0.25, 0.3) is 11.0 Å². The fraction of sp³-hybridized carbons (Fsp3) is 0.100. The third-order valence-corrected chi connectivity index (χ3v) is 4.56. The smallest absolute Gasteiger partial charge is 0.321 e. The van der Waals surface area contributed by atoms with Crippen molar-refractivity contribution in [2.75, 3.05) is 10.6 Å².